The molecule has 0 aromatic heterocycles. The minimum Gasteiger partial charge on any atom is -0.398 e. The first-order valence-electron chi connectivity index (χ1n) is 6.10. The lowest BCUT2D eigenvalue weighted by Gasteiger charge is -2.21. The molecule has 0 aliphatic rings. The van der Waals surface area contributed by atoms with Crippen molar-refractivity contribution in [2.75, 3.05) is 5.73 Å². The Hall–Kier alpha value is -1.26. The maximum absolute atomic E-state index is 10.2. The maximum atomic E-state index is 10.2. The summed E-state index contributed by atoms with van der Waals surface area (Å²) in [7, 11) is 0. The van der Waals surface area contributed by atoms with Crippen LogP contribution in [0.2, 0.25) is 5.02 Å². The third-order valence-corrected chi connectivity index (χ3v) is 3.35. The molecule has 2 aromatic carbocycles. The first-order valence-corrected chi connectivity index (χ1v) is 6.48. The van der Waals surface area contributed by atoms with E-state index in [2.05, 4.69) is 0 Å². The van der Waals surface area contributed by atoms with Gasteiger partial charge in [-0.1, -0.05) is 41.9 Å². The Morgan fingerprint density at radius 1 is 1.10 bits per heavy atom. The molecule has 0 unspecified atom stereocenters. The van der Waals surface area contributed by atoms with Crippen LogP contribution in [0, 0.1) is 0 Å². The Balaban J connectivity index is 0.00000200. The first kappa shape index (κ1) is 16.8. The van der Waals surface area contributed by atoms with Gasteiger partial charge < -0.3 is 16.6 Å². The molecule has 5 heteroatoms. The zero-order chi connectivity index (χ0) is 13.8. The normalized spacial score (nSPS) is 13.3. The molecule has 0 aliphatic carbocycles. The average molecular weight is 313 g/mol. The van der Waals surface area contributed by atoms with Gasteiger partial charge in [0.1, 0.15) is 0 Å². The van der Waals surface area contributed by atoms with E-state index in [0.717, 1.165) is 5.56 Å². The van der Waals surface area contributed by atoms with Crippen molar-refractivity contribution in [1.82, 2.24) is 0 Å². The van der Waals surface area contributed by atoms with Crippen molar-refractivity contribution >= 4 is 29.7 Å². The zero-order valence-corrected chi connectivity index (χ0v) is 12.4. The molecule has 0 heterocycles. The van der Waals surface area contributed by atoms with Gasteiger partial charge in [-0.15, -0.1) is 12.4 Å². The molecule has 20 heavy (non-hydrogen) atoms. The molecule has 2 aromatic rings. The van der Waals surface area contributed by atoms with Gasteiger partial charge in [0.05, 0.1) is 12.1 Å². The molecule has 2 rings (SSSR count). The molecule has 0 spiro atoms. The summed E-state index contributed by atoms with van der Waals surface area (Å²) < 4.78 is 0. The van der Waals surface area contributed by atoms with Gasteiger partial charge in [0.15, 0.2) is 0 Å². The summed E-state index contributed by atoms with van der Waals surface area (Å²) in [6, 6.07) is 14.3. The summed E-state index contributed by atoms with van der Waals surface area (Å²) in [5.41, 5.74) is 14.2. The number of hydrogen-bond donors (Lipinski definition) is 3. The van der Waals surface area contributed by atoms with Gasteiger partial charge in [-0.05, 0) is 29.3 Å². The van der Waals surface area contributed by atoms with Crippen LogP contribution in [0.15, 0.2) is 48.5 Å². The lowest BCUT2D eigenvalue weighted by molar-refractivity contribution is 0.145. The number of aliphatic hydroxyl groups excluding tert-OH is 1. The fourth-order valence-electron chi connectivity index (χ4n) is 2.02. The Morgan fingerprint density at radius 3 is 2.40 bits per heavy atom. The Labute approximate surface area is 130 Å². The van der Waals surface area contributed by atoms with Crippen LogP contribution in [-0.4, -0.2) is 11.2 Å². The topological polar surface area (TPSA) is 72.3 Å². The van der Waals surface area contributed by atoms with E-state index < -0.39 is 12.1 Å². The number of nitrogens with two attached hydrogens (primary N) is 2. The fraction of sp³-hybridized carbons (Fsp3) is 0.200. The Bertz CT molecular complexity index is 549. The number of halogens is 2. The Kier molecular flexibility index (Phi) is 6.30. The van der Waals surface area contributed by atoms with Crippen molar-refractivity contribution < 1.29 is 5.11 Å². The van der Waals surface area contributed by atoms with Crippen LogP contribution in [0.4, 0.5) is 5.69 Å². The number of benzene rings is 2. The molecule has 0 aliphatic heterocycles. The molecule has 0 saturated carbocycles. The van der Waals surface area contributed by atoms with E-state index in [0.29, 0.717) is 22.7 Å². The van der Waals surface area contributed by atoms with E-state index >= 15 is 0 Å². The monoisotopic (exact) mass is 312 g/mol. The first-order chi connectivity index (χ1) is 9.08. The maximum Gasteiger partial charge on any atom is 0.0773 e. The van der Waals surface area contributed by atoms with Crippen molar-refractivity contribution in [3.8, 4) is 0 Å². The molecule has 0 amide bonds. The summed E-state index contributed by atoms with van der Waals surface area (Å²) in [4.78, 5) is 0. The lowest BCUT2D eigenvalue weighted by Crippen LogP contribution is -2.28. The number of anilines is 1. The summed E-state index contributed by atoms with van der Waals surface area (Å²) in [6.45, 7) is 0. The molecule has 0 saturated heterocycles. The van der Waals surface area contributed by atoms with Crippen molar-refractivity contribution in [3.63, 3.8) is 0 Å². The van der Waals surface area contributed by atoms with Crippen LogP contribution < -0.4 is 11.5 Å². The predicted octanol–water partition coefficient (Wildman–Crippen LogP) is 2.95. The van der Waals surface area contributed by atoms with E-state index in [4.69, 9.17) is 23.1 Å². The van der Waals surface area contributed by atoms with Gasteiger partial charge in [-0.2, -0.15) is 0 Å². The van der Waals surface area contributed by atoms with E-state index in [1.54, 1.807) is 18.2 Å². The quantitative estimate of drug-likeness (QED) is 0.760. The summed E-state index contributed by atoms with van der Waals surface area (Å²) in [5.74, 6) is 0. The third kappa shape index (κ3) is 4.12. The highest BCUT2D eigenvalue weighted by molar-refractivity contribution is 6.30. The van der Waals surface area contributed by atoms with Gasteiger partial charge in [-0.25, -0.2) is 0 Å². The molecular formula is C15H18Cl2N2O. The summed E-state index contributed by atoms with van der Waals surface area (Å²) in [6.07, 6.45) is -0.225. The molecule has 0 fully saturated rings. The average Bonchev–Trinajstić information content (AvgIpc) is 2.42. The van der Waals surface area contributed by atoms with Crippen molar-refractivity contribution in [2.24, 2.45) is 5.73 Å². The number of hydrogen-bond acceptors (Lipinski definition) is 3. The van der Waals surface area contributed by atoms with Gasteiger partial charge in [0.25, 0.3) is 0 Å². The second-order valence-electron chi connectivity index (χ2n) is 4.56. The van der Waals surface area contributed by atoms with Crippen LogP contribution in [0.3, 0.4) is 0 Å². The zero-order valence-electron chi connectivity index (χ0n) is 10.9. The second kappa shape index (κ2) is 7.50. The van der Waals surface area contributed by atoms with E-state index in [9.17, 15) is 5.11 Å². The molecule has 2 atom stereocenters. The van der Waals surface area contributed by atoms with Gasteiger partial charge in [-0.3, -0.25) is 0 Å². The highest BCUT2D eigenvalue weighted by Gasteiger charge is 2.19. The molecule has 5 N–H and O–H groups in total. The molecule has 0 bridgehead atoms. The minimum absolute atomic E-state index is 0. The smallest absolute Gasteiger partial charge is 0.0773 e. The molecule has 108 valence electrons. The number of nitrogen functional groups attached to an aromatic ring is 1. The highest BCUT2D eigenvalue weighted by Crippen LogP contribution is 2.26. The van der Waals surface area contributed by atoms with Crippen molar-refractivity contribution in [2.45, 2.75) is 18.6 Å². The lowest BCUT2D eigenvalue weighted by atomic mass is 9.96. The molecule has 3 nitrogen and oxygen atoms in total. The fourth-order valence-corrected chi connectivity index (χ4v) is 2.20. The predicted molar refractivity (Wildman–Crippen MR) is 86.2 cm³/mol. The molecular weight excluding hydrogens is 295 g/mol. The van der Waals surface area contributed by atoms with Gasteiger partial charge >= 0.3 is 0 Å². The largest absolute Gasteiger partial charge is 0.398 e. The standard InChI is InChI=1S/C15H17ClN2O.ClH/c16-11-6-7-13(17)12(9-11)15(18)14(19)8-10-4-2-1-3-5-10;/h1-7,9,14-15,19H,8,17-18H2;1H/t14-,15+;/m1./s1. The third-order valence-electron chi connectivity index (χ3n) is 3.11. The van der Waals surface area contributed by atoms with Crippen LogP contribution >= 0.6 is 24.0 Å². The van der Waals surface area contributed by atoms with E-state index in [-0.39, 0.29) is 12.4 Å². The number of rotatable bonds is 4. The van der Waals surface area contributed by atoms with E-state index in [1.807, 2.05) is 30.3 Å². The van der Waals surface area contributed by atoms with Gasteiger partial charge in [0.2, 0.25) is 0 Å². The summed E-state index contributed by atoms with van der Waals surface area (Å²) >= 11 is 5.93. The summed E-state index contributed by atoms with van der Waals surface area (Å²) in [5, 5.41) is 10.8. The van der Waals surface area contributed by atoms with Crippen LogP contribution in [0.1, 0.15) is 17.2 Å². The second-order valence-corrected chi connectivity index (χ2v) is 4.99. The Morgan fingerprint density at radius 2 is 1.75 bits per heavy atom. The van der Waals surface area contributed by atoms with Gasteiger partial charge in [0, 0.05) is 17.1 Å². The van der Waals surface area contributed by atoms with Crippen LogP contribution in [-0.2, 0) is 6.42 Å². The van der Waals surface area contributed by atoms with Crippen LogP contribution in [0.25, 0.3) is 0 Å². The highest BCUT2D eigenvalue weighted by atomic mass is 35.5. The van der Waals surface area contributed by atoms with Crippen molar-refractivity contribution in [1.29, 1.82) is 0 Å². The van der Waals surface area contributed by atoms with Crippen molar-refractivity contribution in [3.05, 3.63) is 64.7 Å². The number of aliphatic hydroxyl groups is 1. The minimum atomic E-state index is -0.705. The molecule has 0 radical (unpaired) electrons. The SMILES string of the molecule is Cl.Nc1ccc(Cl)cc1[C@H](N)[C@H](O)Cc1ccccc1. The van der Waals surface area contributed by atoms with Crippen LogP contribution in [0.5, 0.6) is 0 Å². The van der Waals surface area contributed by atoms with E-state index in [1.165, 1.54) is 0 Å².